The van der Waals surface area contributed by atoms with Gasteiger partial charge in [0.25, 0.3) is 0 Å². The highest BCUT2D eigenvalue weighted by molar-refractivity contribution is 5.31. The second kappa shape index (κ2) is 6.35. The summed E-state index contributed by atoms with van der Waals surface area (Å²) in [5.41, 5.74) is 1.62. The largest absolute Gasteiger partial charge is 0.337 e. The third-order valence-electron chi connectivity index (χ3n) is 4.12. The van der Waals surface area contributed by atoms with E-state index in [2.05, 4.69) is 44.9 Å². The third kappa shape index (κ3) is 3.30. The van der Waals surface area contributed by atoms with Crippen molar-refractivity contribution in [1.29, 1.82) is 5.26 Å². The van der Waals surface area contributed by atoms with Crippen molar-refractivity contribution in [2.45, 2.75) is 46.1 Å². The van der Waals surface area contributed by atoms with E-state index in [9.17, 15) is 5.26 Å². The number of piperazine rings is 1. The van der Waals surface area contributed by atoms with Crippen molar-refractivity contribution in [3.63, 3.8) is 0 Å². The molecule has 0 saturated carbocycles. The molecule has 2 heterocycles. The van der Waals surface area contributed by atoms with Gasteiger partial charge in [-0.15, -0.1) is 5.10 Å². The molecule has 1 fully saturated rings. The van der Waals surface area contributed by atoms with Crippen LogP contribution in [0.1, 0.15) is 39.1 Å². The number of nitrogens with zero attached hydrogens (tertiary/aromatic N) is 6. The van der Waals surface area contributed by atoms with Crippen LogP contribution in [0, 0.1) is 11.3 Å². The summed E-state index contributed by atoms with van der Waals surface area (Å²) in [6.45, 7) is 11.5. The Morgan fingerprint density at radius 2 is 1.67 bits per heavy atom. The van der Waals surface area contributed by atoms with E-state index >= 15 is 0 Å². The SMILES string of the molecule is CCc1nnc(N2CCN(C(C)(C)C#N)CC2)nc1CC. The van der Waals surface area contributed by atoms with Gasteiger partial charge in [0.1, 0.15) is 5.54 Å². The van der Waals surface area contributed by atoms with E-state index in [1.807, 2.05) is 13.8 Å². The van der Waals surface area contributed by atoms with Crippen molar-refractivity contribution in [2.75, 3.05) is 31.1 Å². The molecule has 0 unspecified atom stereocenters. The van der Waals surface area contributed by atoms with Gasteiger partial charge in [-0.3, -0.25) is 4.90 Å². The van der Waals surface area contributed by atoms with E-state index in [0.29, 0.717) is 0 Å². The van der Waals surface area contributed by atoms with Gasteiger partial charge in [-0.2, -0.15) is 10.4 Å². The number of anilines is 1. The Morgan fingerprint density at radius 1 is 1.05 bits per heavy atom. The minimum atomic E-state index is -0.411. The van der Waals surface area contributed by atoms with Crippen molar-refractivity contribution in [1.82, 2.24) is 20.1 Å². The van der Waals surface area contributed by atoms with Crippen molar-refractivity contribution in [3.05, 3.63) is 11.4 Å². The number of rotatable bonds is 4. The lowest BCUT2D eigenvalue weighted by Gasteiger charge is -2.40. The van der Waals surface area contributed by atoms with Gasteiger partial charge in [0.2, 0.25) is 5.95 Å². The Kier molecular flexibility index (Phi) is 4.73. The first-order valence-electron chi connectivity index (χ1n) is 7.65. The highest BCUT2D eigenvalue weighted by atomic mass is 15.4. The maximum atomic E-state index is 9.22. The van der Waals surface area contributed by atoms with Crippen LogP contribution in [0.3, 0.4) is 0 Å². The van der Waals surface area contributed by atoms with Gasteiger partial charge in [-0.05, 0) is 26.7 Å². The van der Waals surface area contributed by atoms with Gasteiger partial charge in [-0.25, -0.2) is 4.98 Å². The molecule has 1 aliphatic heterocycles. The van der Waals surface area contributed by atoms with Crippen molar-refractivity contribution in [2.24, 2.45) is 0 Å². The molecule has 0 amide bonds. The fourth-order valence-corrected chi connectivity index (χ4v) is 2.60. The monoisotopic (exact) mass is 288 g/mol. The molecule has 1 aliphatic rings. The van der Waals surface area contributed by atoms with Gasteiger partial charge < -0.3 is 4.90 Å². The molecule has 0 spiro atoms. The van der Waals surface area contributed by atoms with E-state index in [4.69, 9.17) is 0 Å². The van der Waals surface area contributed by atoms with E-state index in [1.165, 1.54) is 0 Å². The van der Waals surface area contributed by atoms with Crippen LogP contribution >= 0.6 is 0 Å². The molecule has 6 heteroatoms. The predicted octanol–water partition coefficient (Wildman–Crippen LogP) is 1.42. The molecule has 0 atom stereocenters. The quantitative estimate of drug-likeness (QED) is 0.834. The molecule has 0 N–H and O–H groups in total. The highest BCUT2D eigenvalue weighted by Crippen LogP contribution is 2.18. The number of hydrogen-bond acceptors (Lipinski definition) is 6. The van der Waals surface area contributed by atoms with Gasteiger partial charge >= 0.3 is 0 Å². The molecular weight excluding hydrogens is 264 g/mol. The first-order valence-corrected chi connectivity index (χ1v) is 7.65. The van der Waals surface area contributed by atoms with Crippen LogP contribution in [0.5, 0.6) is 0 Å². The Hall–Kier alpha value is -1.74. The summed E-state index contributed by atoms with van der Waals surface area (Å²) in [4.78, 5) is 9.03. The van der Waals surface area contributed by atoms with Crippen LogP contribution in [-0.4, -0.2) is 51.8 Å². The minimum Gasteiger partial charge on any atom is -0.337 e. The molecule has 114 valence electrons. The summed E-state index contributed by atoms with van der Waals surface area (Å²) in [7, 11) is 0. The number of aryl methyl sites for hydroxylation is 2. The smallest absolute Gasteiger partial charge is 0.245 e. The van der Waals surface area contributed by atoms with E-state index in [-0.39, 0.29) is 0 Å². The van der Waals surface area contributed by atoms with E-state index in [0.717, 1.165) is 56.4 Å². The molecule has 21 heavy (non-hydrogen) atoms. The maximum Gasteiger partial charge on any atom is 0.245 e. The number of nitriles is 1. The van der Waals surface area contributed by atoms with Crippen LogP contribution in [0.15, 0.2) is 0 Å². The maximum absolute atomic E-state index is 9.22. The fraction of sp³-hybridized carbons (Fsp3) is 0.733. The van der Waals surface area contributed by atoms with Crippen LogP contribution in [0.2, 0.25) is 0 Å². The Balaban J connectivity index is 2.08. The van der Waals surface area contributed by atoms with E-state index < -0.39 is 5.54 Å². The number of aromatic nitrogens is 3. The molecule has 6 nitrogen and oxygen atoms in total. The van der Waals surface area contributed by atoms with Crippen molar-refractivity contribution < 1.29 is 0 Å². The van der Waals surface area contributed by atoms with Gasteiger partial charge in [0, 0.05) is 26.2 Å². The Morgan fingerprint density at radius 3 is 2.19 bits per heavy atom. The lowest BCUT2D eigenvalue weighted by Crippen LogP contribution is -2.54. The van der Waals surface area contributed by atoms with Crippen molar-refractivity contribution >= 4 is 5.95 Å². The Labute approximate surface area is 126 Å². The first-order chi connectivity index (χ1) is 10.0. The Bertz CT molecular complexity index is 525. The zero-order valence-corrected chi connectivity index (χ0v) is 13.4. The van der Waals surface area contributed by atoms with Crippen molar-refractivity contribution in [3.8, 4) is 6.07 Å². The summed E-state index contributed by atoms with van der Waals surface area (Å²) in [6, 6.07) is 2.36. The average Bonchev–Trinajstić information content (AvgIpc) is 2.54. The summed E-state index contributed by atoms with van der Waals surface area (Å²) in [5, 5.41) is 17.8. The second-order valence-electron chi connectivity index (χ2n) is 5.86. The lowest BCUT2D eigenvalue weighted by atomic mass is 10.0. The standard InChI is InChI=1S/C15H24N6/c1-5-12-13(6-2)18-19-14(17-12)20-7-9-21(10-8-20)15(3,4)11-16/h5-10H2,1-4H3. The summed E-state index contributed by atoms with van der Waals surface area (Å²) < 4.78 is 0. The van der Waals surface area contributed by atoms with Gasteiger partial charge in [-0.1, -0.05) is 13.8 Å². The molecular formula is C15H24N6. The normalized spacial score (nSPS) is 16.8. The summed E-state index contributed by atoms with van der Waals surface area (Å²) in [6.07, 6.45) is 1.75. The highest BCUT2D eigenvalue weighted by Gasteiger charge is 2.30. The lowest BCUT2D eigenvalue weighted by molar-refractivity contribution is 0.157. The minimum absolute atomic E-state index is 0.411. The van der Waals surface area contributed by atoms with Gasteiger partial charge in [0.15, 0.2) is 0 Å². The zero-order valence-electron chi connectivity index (χ0n) is 13.4. The van der Waals surface area contributed by atoms with Crippen LogP contribution in [-0.2, 0) is 12.8 Å². The molecule has 1 saturated heterocycles. The van der Waals surface area contributed by atoms with Crippen LogP contribution in [0.4, 0.5) is 5.95 Å². The topological polar surface area (TPSA) is 68.9 Å². The molecule has 0 radical (unpaired) electrons. The predicted molar refractivity (Wildman–Crippen MR) is 82.1 cm³/mol. The summed E-state index contributed by atoms with van der Waals surface area (Å²) in [5.74, 6) is 0.721. The molecule has 2 rings (SSSR count). The van der Waals surface area contributed by atoms with Crippen LogP contribution < -0.4 is 4.90 Å². The zero-order chi connectivity index (χ0) is 15.5. The summed E-state index contributed by atoms with van der Waals surface area (Å²) >= 11 is 0. The third-order valence-corrected chi connectivity index (χ3v) is 4.12. The second-order valence-corrected chi connectivity index (χ2v) is 5.86. The van der Waals surface area contributed by atoms with Gasteiger partial charge in [0.05, 0.1) is 17.5 Å². The van der Waals surface area contributed by atoms with E-state index in [1.54, 1.807) is 0 Å². The molecule has 0 bridgehead atoms. The average molecular weight is 288 g/mol. The molecule has 0 aliphatic carbocycles. The molecule has 1 aromatic rings. The first kappa shape index (κ1) is 15.6. The number of hydrogen-bond donors (Lipinski definition) is 0. The van der Waals surface area contributed by atoms with Crippen LogP contribution in [0.25, 0.3) is 0 Å². The molecule has 1 aromatic heterocycles. The molecule has 0 aromatic carbocycles. The fourth-order valence-electron chi connectivity index (χ4n) is 2.60.